The molecule has 0 aliphatic rings. The third-order valence-electron chi connectivity index (χ3n) is 3.28. The molecule has 0 spiro atoms. The van der Waals surface area contributed by atoms with E-state index in [2.05, 4.69) is 0 Å². The van der Waals surface area contributed by atoms with Crippen molar-refractivity contribution in [2.45, 2.75) is 35.8 Å². The third kappa shape index (κ3) is 4.64. The number of hydrogen-bond donors (Lipinski definition) is 0. The van der Waals surface area contributed by atoms with E-state index in [0.717, 1.165) is 0 Å². The van der Waals surface area contributed by atoms with Crippen LogP contribution in [0.15, 0.2) is 70.5 Å². The molecular weight excluding hydrogens is 352 g/mol. The lowest BCUT2D eigenvalue weighted by Crippen LogP contribution is -2.30. The molecule has 0 aliphatic heterocycles. The van der Waals surface area contributed by atoms with Gasteiger partial charge in [-0.15, -0.1) is 0 Å². The van der Waals surface area contributed by atoms with Crippen LogP contribution in [0.3, 0.4) is 0 Å². The lowest BCUT2D eigenvalue weighted by Gasteiger charge is -2.20. The van der Waals surface area contributed by atoms with Crippen molar-refractivity contribution in [3.63, 3.8) is 0 Å². The molecule has 2 rings (SSSR count). The van der Waals surface area contributed by atoms with Crippen LogP contribution in [-0.2, 0) is 28.6 Å². The van der Waals surface area contributed by atoms with E-state index in [1.165, 1.54) is 38.1 Å². The summed E-state index contributed by atoms with van der Waals surface area (Å²) in [5, 5.41) is 0. The van der Waals surface area contributed by atoms with Crippen LogP contribution in [0.4, 0.5) is 0 Å². The SMILES string of the molecule is CC(OS(=O)(=O)c1ccccc1)C(C)OS(=O)(=O)c1ccccc1. The first kappa shape index (κ1) is 18.6. The average Bonchev–Trinajstić information content (AvgIpc) is 2.55. The van der Waals surface area contributed by atoms with Crippen LogP contribution < -0.4 is 0 Å². The maximum atomic E-state index is 12.2. The minimum Gasteiger partial charge on any atom is -0.261 e. The molecule has 2 atom stereocenters. The van der Waals surface area contributed by atoms with Gasteiger partial charge in [-0.2, -0.15) is 16.8 Å². The molecular formula is C16H18O6S2. The molecule has 0 heterocycles. The van der Waals surface area contributed by atoms with Gasteiger partial charge in [0.15, 0.2) is 0 Å². The van der Waals surface area contributed by atoms with Crippen LogP contribution in [0.1, 0.15) is 13.8 Å². The summed E-state index contributed by atoms with van der Waals surface area (Å²) in [7, 11) is -8.00. The molecule has 0 bridgehead atoms. The second kappa shape index (κ2) is 7.43. The van der Waals surface area contributed by atoms with Gasteiger partial charge in [-0.05, 0) is 38.1 Å². The highest BCUT2D eigenvalue weighted by Crippen LogP contribution is 2.19. The van der Waals surface area contributed by atoms with E-state index >= 15 is 0 Å². The van der Waals surface area contributed by atoms with Crippen LogP contribution in [-0.4, -0.2) is 29.0 Å². The van der Waals surface area contributed by atoms with Crippen LogP contribution in [0.5, 0.6) is 0 Å². The van der Waals surface area contributed by atoms with Gasteiger partial charge in [0.05, 0.1) is 9.79 Å². The first-order valence-corrected chi connectivity index (χ1v) is 10.0. The molecule has 0 saturated carbocycles. The molecule has 0 fully saturated rings. The standard InChI is InChI=1S/C16H18O6S2/c1-13(21-23(17,18)15-9-5-3-6-10-15)14(2)22-24(19,20)16-11-7-4-8-12-16/h3-14H,1-2H3. The molecule has 0 aromatic heterocycles. The maximum Gasteiger partial charge on any atom is 0.297 e. The molecule has 130 valence electrons. The summed E-state index contributed by atoms with van der Waals surface area (Å²) in [5.41, 5.74) is 0. The Morgan fingerprint density at radius 3 is 1.21 bits per heavy atom. The summed E-state index contributed by atoms with van der Waals surface area (Å²) in [5.74, 6) is 0. The molecule has 8 heteroatoms. The molecule has 24 heavy (non-hydrogen) atoms. The van der Waals surface area contributed by atoms with Gasteiger partial charge in [-0.25, -0.2) is 0 Å². The van der Waals surface area contributed by atoms with Crippen molar-refractivity contribution in [2.75, 3.05) is 0 Å². The minimum atomic E-state index is -4.00. The molecule has 0 N–H and O–H groups in total. The second-order valence-corrected chi connectivity index (χ2v) is 8.28. The molecule has 0 amide bonds. The van der Waals surface area contributed by atoms with Gasteiger partial charge in [-0.1, -0.05) is 36.4 Å². The lowest BCUT2D eigenvalue weighted by atomic mass is 10.3. The van der Waals surface area contributed by atoms with Crippen molar-refractivity contribution >= 4 is 20.2 Å². The Morgan fingerprint density at radius 2 is 0.917 bits per heavy atom. The highest BCUT2D eigenvalue weighted by molar-refractivity contribution is 7.87. The predicted octanol–water partition coefficient (Wildman–Crippen LogP) is 2.57. The molecule has 0 radical (unpaired) electrons. The Balaban J connectivity index is 2.09. The second-order valence-electron chi connectivity index (χ2n) is 5.14. The molecule has 0 aliphatic carbocycles. The summed E-state index contributed by atoms with van der Waals surface area (Å²) in [6.45, 7) is 2.87. The van der Waals surface area contributed by atoms with Gasteiger partial charge in [0.2, 0.25) is 0 Å². The first-order valence-electron chi connectivity index (χ1n) is 7.19. The fourth-order valence-corrected chi connectivity index (χ4v) is 4.16. The van der Waals surface area contributed by atoms with Crippen LogP contribution >= 0.6 is 0 Å². The Morgan fingerprint density at radius 1 is 0.625 bits per heavy atom. The number of hydrogen-bond acceptors (Lipinski definition) is 6. The van der Waals surface area contributed by atoms with Gasteiger partial charge < -0.3 is 0 Å². The molecule has 6 nitrogen and oxygen atoms in total. The summed E-state index contributed by atoms with van der Waals surface area (Å²) >= 11 is 0. The number of benzene rings is 2. The van der Waals surface area contributed by atoms with Gasteiger partial charge in [-0.3, -0.25) is 8.37 Å². The van der Waals surface area contributed by atoms with Crippen LogP contribution in [0.25, 0.3) is 0 Å². The van der Waals surface area contributed by atoms with Crippen molar-refractivity contribution in [1.82, 2.24) is 0 Å². The van der Waals surface area contributed by atoms with E-state index in [4.69, 9.17) is 8.37 Å². The third-order valence-corrected chi connectivity index (χ3v) is 6.09. The van der Waals surface area contributed by atoms with E-state index in [0.29, 0.717) is 0 Å². The van der Waals surface area contributed by atoms with Crippen LogP contribution in [0, 0.1) is 0 Å². The maximum absolute atomic E-state index is 12.2. The van der Waals surface area contributed by atoms with Crippen molar-refractivity contribution < 1.29 is 25.2 Å². The van der Waals surface area contributed by atoms with Gasteiger partial charge in [0.25, 0.3) is 20.2 Å². The Hall–Kier alpha value is -1.74. The molecule has 2 aromatic carbocycles. The van der Waals surface area contributed by atoms with E-state index in [-0.39, 0.29) is 9.79 Å². The highest BCUT2D eigenvalue weighted by atomic mass is 32.2. The van der Waals surface area contributed by atoms with E-state index < -0.39 is 32.4 Å². The zero-order valence-electron chi connectivity index (χ0n) is 13.2. The lowest BCUT2D eigenvalue weighted by molar-refractivity contribution is 0.0871. The van der Waals surface area contributed by atoms with Gasteiger partial charge >= 0.3 is 0 Å². The minimum absolute atomic E-state index is 0.00466. The van der Waals surface area contributed by atoms with Gasteiger partial charge in [0, 0.05) is 0 Å². The summed E-state index contributed by atoms with van der Waals surface area (Å²) in [4.78, 5) is -0.00932. The Kier molecular flexibility index (Phi) is 5.76. The van der Waals surface area contributed by atoms with Crippen molar-refractivity contribution in [3.05, 3.63) is 60.7 Å². The summed E-state index contributed by atoms with van der Waals surface area (Å²) < 4.78 is 58.7. The quantitative estimate of drug-likeness (QED) is 0.696. The number of rotatable bonds is 7. The van der Waals surface area contributed by atoms with Crippen LogP contribution in [0.2, 0.25) is 0 Å². The van der Waals surface area contributed by atoms with Crippen molar-refractivity contribution in [3.8, 4) is 0 Å². The van der Waals surface area contributed by atoms with E-state index in [9.17, 15) is 16.8 Å². The van der Waals surface area contributed by atoms with Crippen molar-refractivity contribution in [1.29, 1.82) is 0 Å². The van der Waals surface area contributed by atoms with E-state index in [1.807, 2.05) is 0 Å². The topological polar surface area (TPSA) is 86.7 Å². The summed E-state index contributed by atoms with van der Waals surface area (Å²) in [6, 6.07) is 15.2. The molecule has 0 saturated heterocycles. The van der Waals surface area contributed by atoms with Crippen molar-refractivity contribution in [2.24, 2.45) is 0 Å². The first-order chi connectivity index (χ1) is 11.2. The molecule has 2 unspecified atom stereocenters. The zero-order chi connectivity index (χ0) is 17.8. The van der Waals surface area contributed by atoms with E-state index in [1.54, 1.807) is 36.4 Å². The Bertz CT molecular complexity index is 786. The fraction of sp³-hybridized carbons (Fsp3) is 0.250. The largest absolute Gasteiger partial charge is 0.297 e. The zero-order valence-corrected chi connectivity index (χ0v) is 14.8. The van der Waals surface area contributed by atoms with Gasteiger partial charge in [0.1, 0.15) is 12.2 Å². The average molecular weight is 370 g/mol. The predicted molar refractivity (Wildman–Crippen MR) is 88.3 cm³/mol. The fourth-order valence-electron chi connectivity index (χ4n) is 1.84. The monoisotopic (exact) mass is 370 g/mol. The summed E-state index contributed by atoms with van der Waals surface area (Å²) in [6.07, 6.45) is -1.98. The normalized spacial score (nSPS) is 14.9. The smallest absolute Gasteiger partial charge is 0.261 e. The highest BCUT2D eigenvalue weighted by Gasteiger charge is 2.27. The Labute approximate surface area is 142 Å². The molecule has 2 aromatic rings.